The van der Waals surface area contributed by atoms with Gasteiger partial charge < -0.3 is 20.3 Å². The summed E-state index contributed by atoms with van der Waals surface area (Å²) in [6.07, 6.45) is 5.03. The zero-order valence-corrected chi connectivity index (χ0v) is 14.5. The maximum Gasteiger partial charge on any atom is 0.339 e. The van der Waals surface area contributed by atoms with Gasteiger partial charge in [0.2, 0.25) is 5.95 Å². The smallest absolute Gasteiger partial charge is 0.339 e. The summed E-state index contributed by atoms with van der Waals surface area (Å²) in [6, 6.07) is 8.25. The Kier molecular flexibility index (Phi) is 5.62. The van der Waals surface area contributed by atoms with Crippen LogP contribution in [0.5, 0.6) is 0 Å². The molecule has 1 saturated heterocycles. The van der Waals surface area contributed by atoms with E-state index in [1.165, 1.54) is 7.11 Å². The summed E-state index contributed by atoms with van der Waals surface area (Å²) in [4.78, 5) is 34.6. The summed E-state index contributed by atoms with van der Waals surface area (Å²) in [6.45, 7) is 1.54. The molecule has 2 heterocycles. The Balaban J connectivity index is 1.53. The molecule has 1 fully saturated rings. The van der Waals surface area contributed by atoms with E-state index in [-0.39, 0.29) is 12.1 Å². The highest BCUT2D eigenvalue weighted by atomic mass is 16.5. The third kappa shape index (κ3) is 4.27. The summed E-state index contributed by atoms with van der Waals surface area (Å²) < 4.78 is 4.73. The van der Waals surface area contributed by atoms with Crippen molar-refractivity contribution >= 4 is 23.6 Å². The number of hydrogen-bond acceptors (Lipinski definition) is 6. The number of carbonyl (C=O) groups excluding carboxylic acids is 2. The average molecular weight is 355 g/mol. The topological polar surface area (TPSA) is 96.4 Å². The molecule has 0 radical (unpaired) electrons. The van der Waals surface area contributed by atoms with Gasteiger partial charge in [-0.15, -0.1) is 0 Å². The lowest BCUT2D eigenvalue weighted by atomic mass is 10.1. The normalized spacial score (nSPS) is 14.6. The Hall–Kier alpha value is -3.16. The zero-order valence-electron chi connectivity index (χ0n) is 14.5. The van der Waals surface area contributed by atoms with Crippen molar-refractivity contribution in [1.29, 1.82) is 0 Å². The van der Waals surface area contributed by atoms with Gasteiger partial charge in [-0.25, -0.2) is 19.6 Å². The predicted molar refractivity (Wildman–Crippen MR) is 97.2 cm³/mol. The molecule has 2 N–H and O–H groups in total. The first-order chi connectivity index (χ1) is 12.7. The monoisotopic (exact) mass is 355 g/mol. The lowest BCUT2D eigenvalue weighted by Crippen LogP contribution is -2.46. The zero-order chi connectivity index (χ0) is 18.4. The van der Waals surface area contributed by atoms with E-state index in [2.05, 4.69) is 25.5 Å². The second kappa shape index (κ2) is 8.28. The first-order valence-electron chi connectivity index (χ1n) is 8.44. The summed E-state index contributed by atoms with van der Waals surface area (Å²) in [5, 5.41) is 5.68. The Morgan fingerprint density at radius 2 is 1.81 bits per heavy atom. The molecule has 3 rings (SSSR count). The second-order valence-corrected chi connectivity index (χ2v) is 5.95. The Morgan fingerprint density at radius 1 is 1.12 bits per heavy atom. The van der Waals surface area contributed by atoms with Crippen LogP contribution in [0.25, 0.3) is 0 Å². The van der Waals surface area contributed by atoms with Gasteiger partial charge in [-0.2, -0.15) is 0 Å². The highest BCUT2D eigenvalue weighted by Gasteiger charge is 2.22. The summed E-state index contributed by atoms with van der Waals surface area (Å²) in [5.41, 5.74) is 0.744. The number of nitrogens with zero attached hydrogens (tertiary/aromatic N) is 3. The Morgan fingerprint density at radius 3 is 2.50 bits per heavy atom. The van der Waals surface area contributed by atoms with Crippen LogP contribution in [0.2, 0.25) is 0 Å². The quantitative estimate of drug-likeness (QED) is 0.815. The molecule has 0 saturated carbocycles. The molecule has 0 aliphatic carbocycles. The maximum absolute atomic E-state index is 12.3. The number of benzene rings is 1. The third-order valence-corrected chi connectivity index (χ3v) is 4.25. The largest absolute Gasteiger partial charge is 0.465 e. The molecule has 0 bridgehead atoms. The van der Waals surface area contributed by atoms with Crippen LogP contribution in [0.1, 0.15) is 23.2 Å². The molecule has 26 heavy (non-hydrogen) atoms. The molecule has 8 heteroatoms. The lowest BCUT2D eigenvalue weighted by Gasteiger charge is -2.32. The fourth-order valence-electron chi connectivity index (χ4n) is 2.90. The van der Waals surface area contributed by atoms with E-state index >= 15 is 0 Å². The lowest BCUT2D eigenvalue weighted by molar-refractivity contribution is 0.0602. The SMILES string of the molecule is COC(=O)c1ccccc1NC(=O)NC1CCN(c2ncccn2)CC1. The minimum atomic E-state index is -0.489. The number of nitrogens with one attached hydrogen (secondary N) is 2. The van der Waals surface area contributed by atoms with Crippen molar-refractivity contribution in [3.8, 4) is 0 Å². The number of amides is 2. The van der Waals surface area contributed by atoms with E-state index in [4.69, 9.17) is 4.74 Å². The van der Waals surface area contributed by atoms with Gasteiger partial charge in [0.25, 0.3) is 0 Å². The Bertz CT molecular complexity index is 760. The second-order valence-electron chi connectivity index (χ2n) is 5.95. The van der Waals surface area contributed by atoms with E-state index in [9.17, 15) is 9.59 Å². The van der Waals surface area contributed by atoms with Crippen LogP contribution in [0, 0.1) is 0 Å². The first-order valence-corrected chi connectivity index (χ1v) is 8.44. The van der Waals surface area contributed by atoms with E-state index < -0.39 is 5.97 Å². The third-order valence-electron chi connectivity index (χ3n) is 4.25. The molecule has 1 aliphatic rings. The first kappa shape index (κ1) is 17.7. The summed E-state index contributed by atoms with van der Waals surface area (Å²) in [7, 11) is 1.31. The van der Waals surface area contributed by atoms with Crippen LogP contribution in [0.15, 0.2) is 42.7 Å². The van der Waals surface area contributed by atoms with Crippen molar-refractivity contribution in [2.45, 2.75) is 18.9 Å². The van der Waals surface area contributed by atoms with E-state index in [1.54, 1.807) is 42.7 Å². The number of ether oxygens (including phenoxy) is 1. The number of urea groups is 1. The molecule has 1 aromatic heterocycles. The van der Waals surface area contributed by atoms with Crippen LogP contribution < -0.4 is 15.5 Å². The highest BCUT2D eigenvalue weighted by Crippen LogP contribution is 2.17. The highest BCUT2D eigenvalue weighted by molar-refractivity contribution is 6.00. The van der Waals surface area contributed by atoms with Gasteiger partial charge in [0, 0.05) is 31.5 Å². The summed E-state index contributed by atoms with van der Waals surface area (Å²) in [5.74, 6) is 0.222. The van der Waals surface area contributed by atoms with Crippen molar-refractivity contribution in [2.75, 3.05) is 30.4 Å². The number of para-hydroxylation sites is 1. The molecule has 8 nitrogen and oxygen atoms in total. The average Bonchev–Trinajstić information content (AvgIpc) is 2.69. The molecule has 2 aromatic rings. The molecule has 0 spiro atoms. The minimum absolute atomic E-state index is 0.0558. The van der Waals surface area contributed by atoms with Crippen LogP contribution in [-0.2, 0) is 4.74 Å². The van der Waals surface area contributed by atoms with Crippen LogP contribution in [0.4, 0.5) is 16.4 Å². The van der Waals surface area contributed by atoms with Crippen molar-refractivity contribution in [3.05, 3.63) is 48.3 Å². The molecule has 136 valence electrons. The number of esters is 1. The van der Waals surface area contributed by atoms with Gasteiger partial charge in [0.15, 0.2) is 0 Å². The number of hydrogen-bond donors (Lipinski definition) is 2. The van der Waals surface area contributed by atoms with E-state index in [0.717, 1.165) is 25.9 Å². The van der Waals surface area contributed by atoms with Crippen molar-refractivity contribution < 1.29 is 14.3 Å². The molecule has 0 unspecified atom stereocenters. The van der Waals surface area contributed by atoms with Crippen molar-refractivity contribution in [1.82, 2.24) is 15.3 Å². The van der Waals surface area contributed by atoms with Gasteiger partial charge >= 0.3 is 12.0 Å². The predicted octanol–water partition coefficient (Wildman–Crippen LogP) is 2.05. The van der Waals surface area contributed by atoms with Gasteiger partial charge in [-0.3, -0.25) is 0 Å². The van der Waals surface area contributed by atoms with E-state index in [1.807, 2.05) is 0 Å². The molecule has 1 aromatic carbocycles. The molecule has 1 aliphatic heterocycles. The molecular weight excluding hydrogens is 334 g/mol. The standard InChI is InChI=1S/C18H21N5O3/c1-26-16(24)14-5-2-3-6-15(14)22-18(25)21-13-7-11-23(12-8-13)17-19-9-4-10-20-17/h2-6,9-10,13H,7-8,11-12H2,1H3,(H2,21,22,25). The maximum atomic E-state index is 12.3. The fraction of sp³-hybridized carbons (Fsp3) is 0.333. The number of carbonyl (C=O) groups is 2. The van der Waals surface area contributed by atoms with Gasteiger partial charge in [-0.05, 0) is 31.0 Å². The molecule has 2 amide bonds. The van der Waals surface area contributed by atoms with Crippen LogP contribution >= 0.6 is 0 Å². The van der Waals surface area contributed by atoms with E-state index in [0.29, 0.717) is 17.2 Å². The Labute approximate surface area is 151 Å². The van der Waals surface area contributed by atoms with Gasteiger partial charge in [0.1, 0.15) is 0 Å². The van der Waals surface area contributed by atoms with Crippen LogP contribution in [-0.4, -0.2) is 48.2 Å². The van der Waals surface area contributed by atoms with Crippen LogP contribution in [0.3, 0.4) is 0 Å². The number of piperidine rings is 1. The van der Waals surface area contributed by atoms with Gasteiger partial charge in [-0.1, -0.05) is 12.1 Å². The fourth-order valence-corrected chi connectivity index (χ4v) is 2.90. The molecular formula is C18H21N5O3. The summed E-state index contributed by atoms with van der Waals surface area (Å²) >= 11 is 0. The number of aromatic nitrogens is 2. The number of rotatable bonds is 4. The number of anilines is 2. The van der Waals surface area contributed by atoms with Crippen molar-refractivity contribution in [2.24, 2.45) is 0 Å². The van der Waals surface area contributed by atoms with Gasteiger partial charge in [0.05, 0.1) is 18.4 Å². The van der Waals surface area contributed by atoms with Crippen molar-refractivity contribution in [3.63, 3.8) is 0 Å². The minimum Gasteiger partial charge on any atom is -0.465 e. The number of methoxy groups -OCH3 is 1. The molecule has 0 atom stereocenters.